The normalized spacial score (nSPS) is 21.8. The van der Waals surface area contributed by atoms with Crippen LogP contribution in [-0.2, 0) is 17.6 Å². The van der Waals surface area contributed by atoms with Crippen LogP contribution in [0.3, 0.4) is 0 Å². The van der Waals surface area contributed by atoms with Crippen molar-refractivity contribution in [3.8, 4) is 5.69 Å². The number of amides is 1. The zero-order chi connectivity index (χ0) is 18.4. The highest BCUT2D eigenvalue weighted by molar-refractivity contribution is 6.35. The minimum absolute atomic E-state index is 0.207. The number of fused-ring (bicyclic) bond motifs is 1. The molecule has 26 heavy (non-hydrogen) atoms. The molecule has 2 heterocycles. The molecule has 0 radical (unpaired) electrons. The van der Waals surface area contributed by atoms with Crippen LogP contribution in [0.4, 0.5) is 0 Å². The Hall–Kier alpha value is -1.60. The van der Waals surface area contributed by atoms with E-state index in [-0.39, 0.29) is 18.6 Å². The molecule has 0 bridgehead atoms. The minimum atomic E-state index is -0.676. The fraction of sp³-hybridized carbons (Fsp3) is 0.444. The molecular weight excluding hydrogens is 377 g/mol. The Balaban J connectivity index is 1.73. The maximum absolute atomic E-state index is 13.0. The molecule has 8 heteroatoms. The fourth-order valence-corrected chi connectivity index (χ4v) is 4.17. The maximum Gasteiger partial charge on any atom is 0.274 e. The second kappa shape index (κ2) is 6.85. The SMILES string of the molecule is CN(C(=O)c1nn(-c2ccc(Cl)cc2Cl)c2c1CCC2)[C@@H]1COC[C@H]1O. The number of aromatic nitrogens is 2. The van der Waals surface area contributed by atoms with E-state index in [1.54, 1.807) is 23.9 Å². The largest absolute Gasteiger partial charge is 0.388 e. The Labute approximate surface area is 161 Å². The molecule has 1 aromatic heterocycles. The van der Waals surface area contributed by atoms with Crippen molar-refractivity contribution in [1.82, 2.24) is 14.7 Å². The summed E-state index contributed by atoms with van der Waals surface area (Å²) in [6.07, 6.45) is 1.94. The molecule has 6 nitrogen and oxygen atoms in total. The lowest BCUT2D eigenvalue weighted by Gasteiger charge is -2.25. The average molecular weight is 396 g/mol. The maximum atomic E-state index is 13.0. The van der Waals surface area contributed by atoms with Crippen LogP contribution in [0.25, 0.3) is 5.69 Å². The predicted octanol–water partition coefficient (Wildman–Crippen LogP) is 2.50. The number of aliphatic hydroxyl groups is 1. The number of hydrogen-bond donors (Lipinski definition) is 1. The first-order valence-corrected chi connectivity index (χ1v) is 9.32. The van der Waals surface area contributed by atoms with Crippen molar-refractivity contribution in [3.05, 3.63) is 45.2 Å². The lowest BCUT2D eigenvalue weighted by atomic mass is 10.1. The second-order valence-electron chi connectivity index (χ2n) is 6.72. The number of carbonyl (C=O) groups excluding carboxylic acids is 1. The molecule has 1 aliphatic heterocycles. The van der Waals surface area contributed by atoms with Crippen molar-refractivity contribution in [2.75, 3.05) is 20.3 Å². The number of nitrogens with zero attached hydrogens (tertiary/aromatic N) is 3. The molecule has 1 aliphatic carbocycles. The molecule has 0 unspecified atom stereocenters. The number of carbonyl (C=O) groups is 1. The molecule has 0 saturated carbocycles. The van der Waals surface area contributed by atoms with E-state index in [1.165, 1.54) is 4.90 Å². The summed E-state index contributed by atoms with van der Waals surface area (Å²) >= 11 is 12.3. The first kappa shape index (κ1) is 17.8. The summed E-state index contributed by atoms with van der Waals surface area (Å²) in [7, 11) is 1.68. The van der Waals surface area contributed by atoms with Crippen molar-refractivity contribution < 1.29 is 14.6 Å². The van der Waals surface area contributed by atoms with Gasteiger partial charge in [-0.15, -0.1) is 0 Å². The number of rotatable bonds is 3. The molecule has 2 aromatic rings. The van der Waals surface area contributed by atoms with Crippen LogP contribution in [0.2, 0.25) is 10.0 Å². The number of halogens is 2. The third-order valence-electron chi connectivity index (χ3n) is 5.11. The van der Waals surface area contributed by atoms with Crippen molar-refractivity contribution >= 4 is 29.1 Å². The fourth-order valence-electron chi connectivity index (χ4n) is 3.68. The number of benzene rings is 1. The topological polar surface area (TPSA) is 67.6 Å². The Bertz CT molecular complexity index is 868. The molecule has 1 N–H and O–H groups in total. The van der Waals surface area contributed by atoms with Gasteiger partial charge in [-0.3, -0.25) is 4.79 Å². The molecule has 1 aromatic carbocycles. The summed E-state index contributed by atoms with van der Waals surface area (Å²) in [5.74, 6) is -0.207. The molecule has 2 aliphatic rings. The van der Waals surface area contributed by atoms with Crippen LogP contribution in [0.15, 0.2) is 18.2 Å². The Kier molecular flexibility index (Phi) is 4.69. The van der Waals surface area contributed by atoms with Gasteiger partial charge in [-0.1, -0.05) is 23.2 Å². The molecule has 4 rings (SSSR count). The summed E-state index contributed by atoms with van der Waals surface area (Å²) in [6, 6.07) is 4.87. The van der Waals surface area contributed by atoms with Crippen LogP contribution in [0.5, 0.6) is 0 Å². The van der Waals surface area contributed by atoms with Crippen LogP contribution in [-0.4, -0.2) is 58.1 Å². The summed E-state index contributed by atoms with van der Waals surface area (Å²) in [4.78, 5) is 14.6. The molecule has 2 atom stereocenters. The monoisotopic (exact) mass is 395 g/mol. The van der Waals surface area contributed by atoms with Gasteiger partial charge in [-0.05, 0) is 37.5 Å². The zero-order valence-electron chi connectivity index (χ0n) is 14.3. The van der Waals surface area contributed by atoms with Crippen LogP contribution in [0.1, 0.15) is 28.2 Å². The average Bonchev–Trinajstić information content (AvgIpc) is 3.30. The van der Waals surface area contributed by atoms with E-state index in [2.05, 4.69) is 5.10 Å². The van der Waals surface area contributed by atoms with Crippen molar-refractivity contribution in [2.24, 2.45) is 0 Å². The number of hydrogen-bond acceptors (Lipinski definition) is 4. The van der Waals surface area contributed by atoms with Gasteiger partial charge in [-0.2, -0.15) is 5.10 Å². The Morgan fingerprint density at radius 1 is 1.35 bits per heavy atom. The predicted molar refractivity (Wildman–Crippen MR) is 98.3 cm³/mol. The molecular formula is C18H19Cl2N3O3. The lowest BCUT2D eigenvalue weighted by Crippen LogP contribution is -2.44. The second-order valence-corrected chi connectivity index (χ2v) is 7.57. The third kappa shape index (κ3) is 2.91. The first-order valence-electron chi connectivity index (χ1n) is 8.56. The van der Waals surface area contributed by atoms with Crippen LogP contribution >= 0.6 is 23.2 Å². The third-order valence-corrected chi connectivity index (χ3v) is 5.65. The molecule has 1 amide bonds. The highest BCUT2D eigenvalue weighted by atomic mass is 35.5. The Morgan fingerprint density at radius 2 is 2.15 bits per heavy atom. The standard InChI is InChI=1S/C18H19Cl2N3O3/c1-22(15-8-26-9-16(15)24)18(25)17-11-3-2-4-13(11)23(21-17)14-6-5-10(19)7-12(14)20/h5-7,15-16,24H,2-4,8-9H2,1H3/t15-,16-/m1/s1. The summed E-state index contributed by atoms with van der Waals surface area (Å²) in [6.45, 7) is 0.574. The van der Waals surface area contributed by atoms with E-state index in [0.29, 0.717) is 28.0 Å². The van der Waals surface area contributed by atoms with Crippen molar-refractivity contribution in [3.63, 3.8) is 0 Å². The summed E-state index contributed by atoms with van der Waals surface area (Å²) in [5.41, 5.74) is 3.10. The van der Waals surface area contributed by atoms with Gasteiger partial charge in [0.05, 0.1) is 36.1 Å². The smallest absolute Gasteiger partial charge is 0.274 e. The molecule has 0 spiro atoms. The Morgan fingerprint density at radius 3 is 2.85 bits per heavy atom. The van der Waals surface area contributed by atoms with Gasteiger partial charge in [0.2, 0.25) is 0 Å². The van der Waals surface area contributed by atoms with Crippen molar-refractivity contribution in [2.45, 2.75) is 31.4 Å². The highest BCUT2D eigenvalue weighted by Gasteiger charge is 2.36. The van der Waals surface area contributed by atoms with Gasteiger partial charge < -0.3 is 14.7 Å². The van der Waals surface area contributed by atoms with Gasteiger partial charge in [-0.25, -0.2) is 4.68 Å². The molecule has 1 saturated heterocycles. The minimum Gasteiger partial charge on any atom is -0.388 e. The lowest BCUT2D eigenvalue weighted by molar-refractivity contribution is 0.0574. The number of ether oxygens (including phenoxy) is 1. The van der Waals surface area contributed by atoms with E-state index in [9.17, 15) is 9.90 Å². The number of aliphatic hydroxyl groups excluding tert-OH is 1. The quantitative estimate of drug-likeness (QED) is 0.866. The van der Waals surface area contributed by atoms with Crippen LogP contribution < -0.4 is 0 Å². The highest BCUT2D eigenvalue weighted by Crippen LogP contribution is 2.32. The van der Waals surface area contributed by atoms with E-state index in [0.717, 1.165) is 30.5 Å². The van der Waals surface area contributed by atoms with Gasteiger partial charge in [0.15, 0.2) is 5.69 Å². The summed E-state index contributed by atoms with van der Waals surface area (Å²) < 4.78 is 7.02. The van der Waals surface area contributed by atoms with Crippen molar-refractivity contribution in [1.29, 1.82) is 0 Å². The number of likely N-dealkylation sites (N-methyl/N-ethyl adjacent to an activating group) is 1. The zero-order valence-corrected chi connectivity index (χ0v) is 15.8. The summed E-state index contributed by atoms with van der Waals surface area (Å²) in [5, 5.41) is 15.6. The van der Waals surface area contributed by atoms with E-state index in [4.69, 9.17) is 27.9 Å². The van der Waals surface area contributed by atoms with E-state index in [1.807, 2.05) is 6.07 Å². The first-order chi connectivity index (χ1) is 12.5. The van der Waals surface area contributed by atoms with Gasteiger partial charge >= 0.3 is 0 Å². The van der Waals surface area contributed by atoms with E-state index < -0.39 is 6.10 Å². The van der Waals surface area contributed by atoms with Gasteiger partial charge in [0.25, 0.3) is 5.91 Å². The van der Waals surface area contributed by atoms with Gasteiger partial charge in [0, 0.05) is 23.3 Å². The van der Waals surface area contributed by atoms with E-state index >= 15 is 0 Å². The molecule has 138 valence electrons. The van der Waals surface area contributed by atoms with Crippen LogP contribution in [0, 0.1) is 0 Å². The van der Waals surface area contributed by atoms with Gasteiger partial charge in [0.1, 0.15) is 0 Å². The molecule has 1 fully saturated rings.